The van der Waals surface area contributed by atoms with Crippen LogP contribution in [0.4, 0.5) is 11.4 Å². The fourth-order valence-electron chi connectivity index (χ4n) is 1.85. The number of thiazole rings is 1. The minimum Gasteiger partial charge on any atom is -0.366 e. The average molecular weight is 245 g/mol. The molecule has 85 valence electrons. The standard InChI is InChI=1S/C11H9N4OS/c12-10(16)11(9-5-17-6-13-9)14-7-3-1-2-4-8(7)15-11/h1,3-6,14-15H,(H2,12,16). The van der Waals surface area contributed by atoms with Gasteiger partial charge in [-0.2, -0.15) is 0 Å². The highest BCUT2D eigenvalue weighted by molar-refractivity contribution is 7.07. The topological polar surface area (TPSA) is 80.0 Å². The van der Waals surface area contributed by atoms with Gasteiger partial charge in [0.1, 0.15) is 5.69 Å². The monoisotopic (exact) mass is 245 g/mol. The number of nitrogens with two attached hydrogens (primary N) is 1. The summed E-state index contributed by atoms with van der Waals surface area (Å²) >= 11 is 1.41. The van der Waals surface area contributed by atoms with Gasteiger partial charge in [-0.3, -0.25) is 4.79 Å². The van der Waals surface area contributed by atoms with E-state index in [9.17, 15) is 4.79 Å². The second kappa shape index (κ2) is 3.46. The van der Waals surface area contributed by atoms with E-state index in [1.54, 1.807) is 23.0 Å². The summed E-state index contributed by atoms with van der Waals surface area (Å²) in [4.78, 5) is 15.9. The first-order chi connectivity index (χ1) is 8.22. The van der Waals surface area contributed by atoms with Crippen LogP contribution in [-0.4, -0.2) is 10.9 Å². The van der Waals surface area contributed by atoms with Gasteiger partial charge in [0.2, 0.25) is 5.66 Å². The molecule has 1 amide bonds. The summed E-state index contributed by atoms with van der Waals surface area (Å²) < 4.78 is 0. The number of carbonyl (C=O) groups excluding carboxylic acids is 1. The molecule has 17 heavy (non-hydrogen) atoms. The molecular formula is C11H9N4OS. The number of amides is 1. The molecule has 0 bridgehead atoms. The van der Waals surface area contributed by atoms with E-state index in [4.69, 9.17) is 5.73 Å². The van der Waals surface area contributed by atoms with E-state index in [1.807, 2.05) is 6.07 Å². The van der Waals surface area contributed by atoms with E-state index in [1.165, 1.54) is 11.3 Å². The second-order valence-electron chi connectivity index (χ2n) is 3.71. The van der Waals surface area contributed by atoms with Gasteiger partial charge in [0, 0.05) is 5.38 Å². The van der Waals surface area contributed by atoms with Crippen LogP contribution in [0, 0.1) is 6.07 Å². The van der Waals surface area contributed by atoms with Crippen LogP contribution in [-0.2, 0) is 10.5 Å². The van der Waals surface area contributed by atoms with Gasteiger partial charge in [-0.05, 0) is 18.2 Å². The van der Waals surface area contributed by atoms with E-state index in [0.29, 0.717) is 5.69 Å². The third-order valence-corrected chi connectivity index (χ3v) is 3.28. The molecule has 0 saturated carbocycles. The van der Waals surface area contributed by atoms with Crippen LogP contribution in [0.15, 0.2) is 29.1 Å². The Morgan fingerprint density at radius 1 is 1.47 bits per heavy atom. The Morgan fingerprint density at radius 3 is 2.94 bits per heavy atom. The highest BCUT2D eigenvalue weighted by Crippen LogP contribution is 2.38. The fourth-order valence-corrected chi connectivity index (χ4v) is 2.46. The van der Waals surface area contributed by atoms with E-state index in [-0.39, 0.29) is 0 Å². The Balaban J connectivity index is 2.10. The van der Waals surface area contributed by atoms with Gasteiger partial charge in [0.25, 0.3) is 5.91 Å². The van der Waals surface area contributed by atoms with Gasteiger partial charge in [0.05, 0.1) is 16.9 Å². The highest BCUT2D eigenvalue weighted by Gasteiger charge is 2.45. The third kappa shape index (κ3) is 1.38. The van der Waals surface area contributed by atoms with E-state index < -0.39 is 11.6 Å². The molecule has 3 rings (SSSR count). The van der Waals surface area contributed by atoms with Crippen molar-refractivity contribution < 1.29 is 4.79 Å². The Bertz CT molecular complexity index is 542. The maximum absolute atomic E-state index is 11.7. The van der Waals surface area contributed by atoms with Crippen molar-refractivity contribution in [3.8, 4) is 0 Å². The number of nitrogens with zero attached hydrogens (tertiary/aromatic N) is 1. The van der Waals surface area contributed by atoms with Crippen LogP contribution >= 0.6 is 11.3 Å². The van der Waals surface area contributed by atoms with Gasteiger partial charge in [-0.25, -0.2) is 4.98 Å². The second-order valence-corrected chi connectivity index (χ2v) is 4.43. The lowest BCUT2D eigenvalue weighted by molar-refractivity contribution is -0.121. The smallest absolute Gasteiger partial charge is 0.270 e. The van der Waals surface area contributed by atoms with Crippen molar-refractivity contribution in [3.63, 3.8) is 0 Å². The lowest BCUT2D eigenvalue weighted by atomic mass is 10.1. The number of nitrogens with one attached hydrogen (secondary N) is 2. The third-order valence-electron chi connectivity index (χ3n) is 2.69. The molecule has 6 heteroatoms. The van der Waals surface area contributed by atoms with Gasteiger partial charge >= 0.3 is 0 Å². The summed E-state index contributed by atoms with van der Waals surface area (Å²) in [5.74, 6) is -0.514. The Hall–Kier alpha value is -2.08. The van der Waals surface area contributed by atoms with Crippen LogP contribution < -0.4 is 16.4 Å². The number of hydrogen-bond donors (Lipinski definition) is 3. The number of primary amides is 1. The van der Waals surface area contributed by atoms with Gasteiger partial charge in [0.15, 0.2) is 0 Å². The molecule has 2 heterocycles. The average Bonchev–Trinajstić information content (AvgIpc) is 2.96. The molecule has 1 unspecified atom stereocenters. The van der Waals surface area contributed by atoms with Crippen molar-refractivity contribution in [2.24, 2.45) is 5.73 Å². The Morgan fingerprint density at radius 2 is 2.29 bits per heavy atom. The van der Waals surface area contributed by atoms with Crippen molar-refractivity contribution >= 4 is 28.6 Å². The van der Waals surface area contributed by atoms with Crippen LogP contribution in [0.3, 0.4) is 0 Å². The number of anilines is 2. The maximum atomic E-state index is 11.7. The quantitative estimate of drug-likeness (QED) is 0.740. The zero-order valence-electron chi connectivity index (χ0n) is 8.73. The van der Waals surface area contributed by atoms with E-state index >= 15 is 0 Å². The summed E-state index contributed by atoms with van der Waals surface area (Å²) in [6.45, 7) is 0. The molecule has 0 aliphatic carbocycles. The molecule has 2 aromatic rings. The predicted octanol–water partition coefficient (Wildman–Crippen LogP) is 1.12. The molecule has 1 atom stereocenters. The summed E-state index contributed by atoms with van der Waals surface area (Å²) in [5, 5.41) is 7.96. The van der Waals surface area contributed by atoms with Gasteiger partial charge in [-0.1, -0.05) is 6.07 Å². The van der Waals surface area contributed by atoms with Crippen molar-refractivity contribution in [1.29, 1.82) is 0 Å². The van der Waals surface area contributed by atoms with Crippen molar-refractivity contribution in [2.75, 3.05) is 10.6 Å². The number of fused-ring (bicyclic) bond motifs is 1. The van der Waals surface area contributed by atoms with Crippen LogP contribution in [0.25, 0.3) is 0 Å². The predicted molar refractivity (Wildman–Crippen MR) is 65.5 cm³/mol. The fraction of sp³-hybridized carbons (Fsp3) is 0.0909. The Labute approximate surface area is 102 Å². The minimum atomic E-state index is -1.16. The number of benzene rings is 1. The first kappa shape index (κ1) is 10.1. The maximum Gasteiger partial charge on any atom is 0.270 e. The first-order valence-corrected chi connectivity index (χ1v) is 5.92. The highest BCUT2D eigenvalue weighted by atomic mass is 32.1. The molecule has 5 nitrogen and oxygen atoms in total. The SMILES string of the molecule is NC(=O)C1(c2cscn2)Nc2c[c]ccc2N1. The zero-order chi connectivity index (χ0) is 11.9. The molecule has 0 spiro atoms. The minimum absolute atomic E-state index is 0.514. The molecule has 4 N–H and O–H groups in total. The Kier molecular flexibility index (Phi) is 2.05. The van der Waals surface area contributed by atoms with Crippen molar-refractivity contribution in [1.82, 2.24) is 4.98 Å². The normalized spacial score (nSPS) is 15.8. The summed E-state index contributed by atoms with van der Waals surface area (Å²) in [6.07, 6.45) is 0. The number of rotatable bonds is 2. The molecule has 0 fully saturated rings. The van der Waals surface area contributed by atoms with Crippen molar-refractivity contribution in [3.05, 3.63) is 40.8 Å². The largest absolute Gasteiger partial charge is 0.366 e. The van der Waals surface area contributed by atoms with Crippen LogP contribution in [0.5, 0.6) is 0 Å². The molecule has 1 aliphatic heterocycles. The molecule has 0 saturated heterocycles. The van der Waals surface area contributed by atoms with Crippen molar-refractivity contribution in [2.45, 2.75) is 5.66 Å². The van der Waals surface area contributed by atoms with Crippen LogP contribution in [0.2, 0.25) is 0 Å². The molecule has 1 aromatic heterocycles. The lowest BCUT2D eigenvalue weighted by Gasteiger charge is -2.25. The number of carbonyl (C=O) groups is 1. The summed E-state index contributed by atoms with van der Waals surface area (Å²) in [6, 6.07) is 8.31. The number of aromatic nitrogens is 1. The van der Waals surface area contributed by atoms with E-state index in [2.05, 4.69) is 21.7 Å². The van der Waals surface area contributed by atoms with E-state index in [0.717, 1.165) is 11.4 Å². The molecule has 1 aromatic carbocycles. The summed E-state index contributed by atoms with van der Waals surface area (Å²) in [7, 11) is 0. The number of hydrogen-bond acceptors (Lipinski definition) is 5. The molecular weight excluding hydrogens is 236 g/mol. The summed E-state index contributed by atoms with van der Waals surface area (Å²) in [5.41, 5.74) is 8.19. The van der Waals surface area contributed by atoms with Gasteiger partial charge in [-0.15, -0.1) is 11.3 Å². The lowest BCUT2D eigenvalue weighted by Crippen LogP contribution is -2.50. The first-order valence-electron chi connectivity index (χ1n) is 4.97. The van der Waals surface area contributed by atoms with Crippen LogP contribution in [0.1, 0.15) is 5.69 Å². The molecule has 1 aliphatic rings. The zero-order valence-corrected chi connectivity index (χ0v) is 9.54. The molecule has 1 radical (unpaired) electrons. The van der Waals surface area contributed by atoms with Gasteiger partial charge < -0.3 is 16.4 Å².